The molecule has 1 atom stereocenters. The molecule has 0 spiro atoms. The van der Waals surface area contributed by atoms with Crippen molar-refractivity contribution in [2.45, 2.75) is 51.7 Å². The van der Waals surface area contributed by atoms with Crippen LogP contribution < -0.4 is 5.32 Å². The van der Waals surface area contributed by atoms with Crippen molar-refractivity contribution in [2.24, 2.45) is 0 Å². The highest BCUT2D eigenvalue weighted by Crippen LogP contribution is 2.25. The molecule has 1 fully saturated rings. The maximum Gasteiger partial charge on any atom is 0.317 e. The zero-order chi connectivity index (χ0) is 14.8. The van der Waals surface area contributed by atoms with Crippen LogP contribution in [0.25, 0.3) is 0 Å². The lowest BCUT2D eigenvalue weighted by Crippen LogP contribution is -2.46. The predicted molar refractivity (Wildman–Crippen MR) is 79.9 cm³/mol. The number of thiazole rings is 1. The zero-order valence-electron chi connectivity index (χ0n) is 12.3. The van der Waals surface area contributed by atoms with Crippen LogP contribution in [0.3, 0.4) is 0 Å². The first-order chi connectivity index (χ1) is 9.36. The highest BCUT2D eigenvalue weighted by Gasteiger charge is 2.22. The van der Waals surface area contributed by atoms with Crippen LogP contribution in [0.4, 0.5) is 4.79 Å². The largest absolute Gasteiger partial charge is 0.391 e. The molecule has 2 rings (SSSR count). The lowest BCUT2D eigenvalue weighted by atomic mass is 9.98. The van der Waals surface area contributed by atoms with E-state index in [1.165, 1.54) is 0 Å². The smallest absolute Gasteiger partial charge is 0.317 e. The Kier molecular flexibility index (Phi) is 4.65. The third-order valence-electron chi connectivity index (χ3n) is 3.30. The van der Waals surface area contributed by atoms with Crippen molar-refractivity contribution in [1.29, 1.82) is 0 Å². The van der Waals surface area contributed by atoms with Gasteiger partial charge in [-0.05, 0) is 12.8 Å². The van der Waals surface area contributed by atoms with Crippen LogP contribution in [0.15, 0.2) is 5.38 Å². The van der Waals surface area contributed by atoms with Crippen molar-refractivity contribution in [2.75, 3.05) is 13.1 Å². The molecule has 5 nitrogen and oxygen atoms in total. The summed E-state index contributed by atoms with van der Waals surface area (Å²) in [5, 5.41) is 15.5. The molecule has 0 saturated carbocycles. The summed E-state index contributed by atoms with van der Waals surface area (Å²) in [5.74, 6) is 0. The van der Waals surface area contributed by atoms with Crippen molar-refractivity contribution < 1.29 is 9.90 Å². The number of aliphatic hydroxyl groups excluding tert-OH is 1. The van der Waals surface area contributed by atoms with Gasteiger partial charge in [0.05, 0.1) is 23.4 Å². The molecule has 1 aromatic rings. The van der Waals surface area contributed by atoms with Gasteiger partial charge >= 0.3 is 6.03 Å². The van der Waals surface area contributed by atoms with Gasteiger partial charge in [0, 0.05) is 23.9 Å². The van der Waals surface area contributed by atoms with Gasteiger partial charge in [-0.1, -0.05) is 20.8 Å². The van der Waals surface area contributed by atoms with Crippen molar-refractivity contribution >= 4 is 17.4 Å². The number of hydrogen-bond donors (Lipinski definition) is 2. The molecule has 6 heteroatoms. The molecule has 0 radical (unpaired) electrons. The Labute approximate surface area is 124 Å². The fourth-order valence-corrected chi connectivity index (χ4v) is 3.06. The van der Waals surface area contributed by atoms with E-state index in [4.69, 9.17) is 0 Å². The summed E-state index contributed by atoms with van der Waals surface area (Å²) in [6.45, 7) is 7.97. The Morgan fingerprint density at radius 1 is 1.60 bits per heavy atom. The molecule has 0 bridgehead atoms. The standard InChI is InChI=1S/C14H23N3O2S/c1-14(2,3)12-16-10(9-20-12)7-15-13(19)17-6-4-5-11(18)8-17/h9,11,18H,4-8H2,1-3H3,(H,15,19)/t11-/m0/s1. The zero-order valence-corrected chi connectivity index (χ0v) is 13.2. The number of nitrogens with one attached hydrogen (secondary N) is 1. The van der Waals surface area contributed by atoms with Crippen LogP contribution in [0.5, 0.6) is 0 Å². The van der Waals surface area contributed by atoms with E-state index >= 15 is 0 Å². The average molecular weight is 297 g/mol. The fourth-order valence-electron chi connectivity index (χ4n) is 2.15. The number of rotatable bonds is 2. The molecule has 1 aromatic heterocycles. The van der Waals surface area contributed by atoms with Gasteiger partial charge in [-0.25, -0.2) is 9.78 Å². The first-order valence-electron chi connectivity index (χ1n) is 7.02. The van der Waals surface area contributed by atoms with Crippen LogP contribution in [-0.2, 0) is 12.0 Å². The van der Waals surface area contributed by atoms with Crippen molar-refractivity contribution in [3.05, 3.63) is 16.1 Å². The summed E-state index contributed by atoms with van der Waals surface area (Å²) in [6.07, 6.45) is 1.26. The van der Waals surface area contributed by atoms with E-state index in [2.05, 4.69) is 31.1 Å². The Morgan fingerprint density at radius 3 is 2.95 bits per heavy atom. The summed E-state index contributed by atoms with van der Waals surface area (Å²) >= 11 is 1.63. The number of aromatic nitrogens is 1. The number of urea groups is 1. The highest BCUT2D eigenvalue weighted by molar-refractivity contribution is 7.09. The average Bonchev–Trinajstić information content (AvgIpc) is 2.84. The van der Waals surface area contributed by atoms with Gasteiger partial charge in [-0.3, -0.25) is 0 Å². The molecule has 0 aliphatic carbocycles. The topological polar surface area (TPSA) is 65.5 Å². The van der Waals surface area contributed by atoms with Gasteiger partial charge in [0.25, 0.3) is 0 Å². The van der Waals surface area contributed by atoms with Gasteiger partial charge in [0.2, 0.25) is 0 Å². The first kappa shape index (κ1) is 15.3. The van der Waals surface area contributed by atoms with E-state index in [1.54, 1.807) is 16.2 Å². The van der Waals surface area contributed by atoms with E-state index < -0.39 is 0 Å². The SMILES string of the molecule is CC(C)(C)c1nc(CNC(=O)N2CCC[C@H](O)C2)cs1. The molecular formula is C14H23N3O2S. The summed E-state index contributed by atoms with van der Waals surface area (Å²) < 4.78 is 0. The second-order valence-corrected chi connectivity index (χ2v) is 7.15. The Balaban J connectivity index is 1.85. The maximum atomic E-state index is 12.0. The van der Waals surface area contributed by atoms with Crippen molar-refractivity contribution in [3.8, 4) is 0 Å². The third-order valence-corrected chi connectivity index (χ3v) is 4.61. The molecule has 0 aromatic carbocycles. The van der Waals surface area contributed by atoms with E-state index in [0.717, 1.165) is 23.5 Å². The number of amides is 2. The number of likely N-dealkylation sites (tertiary alicyclic amines) is 1. The predicted octanol–water partition coefficient (Wildman–Crippen LogP) is 2.11. The monoisotopic (exact) mass is 297 g/mol. The van der Waals surface area contributed by atoms with Crippen molar-refractivity contribution in [1.82, 2.24) is 15.2 Å². The van der Waals surface area contributed by atoms with Crippen LogP contribution in [0.1, 0.15) is 44.3 Å². The molecule has 112 valence electrons. The number of β-amino-alcohol motifs (C(OH)–C–C–N with tert-alkyl or cyclic N) is 1. The second-order valence-electron chi connectivity index (χ2n) is 6.29. The minimum atomic E-state index is -0.388. The number of aliphatic hydroxyl groups is 1. The molecule has 2 amide bonds. The van der Waals surface area contributed by atoms with E-state index in [0.29, 0.717) is 19.6 Å². The molecule has 20 heavy (non-hydrogen) atoms. The van der Waals surface area contributed by atoms with Gasteiger partial charge < -0.3 is 15.3 Å². The van der Waals surface area contributed by atoms with Crippen molar-refractivity contribution in [3.63, 3.8) is 0 Å². The lowest BCUT2D eigenvalue weighted by molar-refractivity contribution is 0.0841. The molecule has 1 aliphatic heterocycles. The Hall–Kier alpha value is -1.14. The Bertz CT molecular complexity index is 467. The molecule has 2 N–H and O–H groups in total. The van der Waals surface area contributed by atoms with Crippen LogP contribution in [-0.4, -0.2) is 40.2 Å². The van der Waals surface area contributed by atoms with E-state index in [1.807, 2.05) is 5.38 Å². The first-order valence-corrected chi connectivity index (χ1v) is 7.90. The van der Waals surface area contributed by atoms with Crippen LogP contribution >= 0.6 is 11.3 Å². The summed E-state index contributed by atoms with van der Waals surface area (Å²) in [6, 6.07) is -0.117. The third kappa shape index (κ3) is 3.93. The second kappa shape index (κ2) is 6.10. The highest BCUT2D eigenvalue weighted by atomic mass is 32.1. The fraction of sp³-hybridized carbons (Fsp3) is 0.714. The Morgan fingerprint density at radius 2 is 2.35 bits per heavy atom. The van der Waals surface area contributed by atoms with Gasteiger partial charge in [-0.2, -0.15) is 0 Å². The van der Waals surface area contributed by atoms with Crippen LogP contribution in [0, 0.1) is 0 Å². The van der Waals surface area contributed by atoms with Gasteiger partial charge in [-0.15, -0.1) is 11.3 Å². The lowest BCUT2D eigenvalue weighted by Gasteiger charge is -2.30. The molecule has 1 aliphatic rings. The number of carbonyl (C=O) groups is 1. The quantitative estimate of drug-likeness (QED) is 0.878. The summed E-state index contributed by atoms with van der Waals surface area (Å²) in [5.41, 5.74) is 0.940. The molecule has 2 heterocycles. The van der Waals surface area contributed by atoms with Crippen LogP contribution in [0.2, 0.25) is 0 Å². The number of carbonyl (C=O) groups excluding carboxylic acids is 1. The number of nitrogens with zero attached hydrogens (tertiary/aromatic N) is 2. The molecular weight excluding hydrogens is 274 g/mol. The van der Waals surface area contributed by atoms with Gasteiger partial charge in [0.1, 0.15) is 0 Å². The molecule has 0 unspecified atom stereocenters. The maximum absolute atomic E-state index is 12.0. The van der Waals surface area contributed by atoms with E-state index in [-0.39, 0.29) is 17.6 Å². The number of piperidine rings is 1. The molecule has 1 saturated heterocycles. The van der Waals surface area contributed by atoms with E-state index in [9.17, 15) is 9.90 Å². The minimum absolute atomic E-state index is 0.0455. The number of hydrogen-bond acceptors (Lipinski definition) is 4. The summed E-state index contributed by atoms with van der Waals surface area (Å²) in [4.78, 5) is 18.2. The minimum Gasteiger partial charge on any atom is -0.391 e. The van der Waals surface area contributed by atoms with Gasteiger partial charge in [0.15, 0.2) is 0 Å². The summed E-state index contributed by atoms with van der Waals surface area (Å²) in [7, 11) is 0. The normalized spacial score (nSPS) is 20.0.